The van der Waals surface area contributed by atoms with Crippen LogP contribution in [0.5, 0.6) is 11.5 Å². The highest BCUT2D eigenvalue weighted by Crippen LogP contribution is 2.34. The SMILES string of the molecule is COc1cccc(NC(SCC(=O)c2ccc3cc(OC)ccc3c2)=C(C#N)c2nc3ccccc3s2)c1. The van der Waals surface area contributed by atoms with Crippen LogP contribution in [0.2, 0.25) is 0 Å². The maximum Gasteiger partial charge on any atom is 0.173 e. The van der Waals surface area contributed by atoms with Gasteiger partial charge in [0.05, 0.1) is 35.2 Å². The molecule has 0 saturated heterocycles. The monoisotopic (exact) mass is 537 g/mol. The number of thiazole rings is 1. The van der Waals surface area contributed by atoms with Crippen molar-refractivity contribution in [2.45, 2.75) is 0 Å². The van der Waals surface area contributed by atoms with E-state index in [0.29, 0.717) is 26.9 Å². The average Bonchev–Trinajstić information content (AvgIpc) is 3.39. The van der Waals surface area contributed by atoms with Crippen LogP contribution >= 0.6 is 23.1 Å². The van der Waals surface area contributed by atoms with Gasteiger partial charge in [-0.25, -0.2) is 4.98 Å². The van der Waals surface area contributed by atoms with Crippen molar-refractivity contribution in [1.29, 1.82) is 5.26 Å². The molecule has 0 saturated carbocycles. The number of methoxy groups -OCH3 is 2. The number of fused-ring (bicyclic) bond motifs is 2. The molecule has 1 aromatic heterocycles. The van der Waals surface area contributed by atoms with Gasteiger partial charge in [0.2, 0.25) is 0 Å². The zero-order valence-electron chi connectivity index (χ0n) is 20.7. The Balaban J connectivity index is 1.46. The van der Waals surface area contributed by atoms with E-state index in [1.54, 1.807) is 14.2 Å². The molecule has 0 fully saturated rings. The third-order valence-corrected chi connectivity index (χ3v) is 7.95. The molecule has 0 aliphatic heterocycles. The first-order chi connectivity index (χ1) is 18.6. The number of nitrogens with one attached hydrogen (secondary N) is 1. The number of aromatic nitrogens is 1. The molecular weight excluding hydrogens is 514 g/mol. The van der Waals surface area contributed by atoms with Crippen molar-refractivity contribution in [3.63, 3.8) is 0 Å². The number of rotatable bonds is 9. The van der Waals surface area contributed by atoms with Gasteiger partial charge in [-0.2, -0.15) is 5.26 Å². The molecule has 0 unspecified atom stereocenters. The van der Waals surface area contributed by atoms with Gasteiger partial charge in [-0.15, -0.1) is 11.3 Å². The molecule has 8 heteroatoms. The van der Waals surface area contributed by atoms with Crippen LogP contribution in [0.1, 0.15) is 15.4 Å². The maximum atomic E-state index is 13.2. The largest absolute Gasteiger partial charge is 0.497 e. The second kappa shape index (κ2) is 11.4. The fraction of sp³-hybridized carbons (Fsp3) is 0.100. The van der Waals surface area contributed by atoms with E-state index >= 15 is 0 Å². The minimum absolute atomic E-state index is 0.0424. The highest BCUT2D eigenvalue weighted by atomic mass is 32.2. The van der Waals surface area contributed by atoms with Crippen LogP contribution < -0.4 is 14.8 Å². The Labute approximate surface area is 228 Å². The number of ether oxygens (including phenoxy) is 2. The number of benzene rings is 4. The molecule has 1 N–H and O–H groups in total. The van der Waals surface area contributed by atoms with Gasteiger partial charge in [0, 0.05) is 17.3 Å². The number of para-hydroxylation sites is 1. The summed E-state index contributed by atoms with van der Waals surface area (Å²) < 4.78 is 11.6. The molecular formula is C30H23N3O3S2. The number of hydrogen-bond acceptors (Lipinski definition) is 8. The molecule has 4 aromatic carbocycles. The molecule has 1 heterocycles. The van der Waals surface area contributed by atoms with Gasteiger partial charge in [0.1, 0.15) is 28.1 Å². The zero-order valence-corrected chi connectivity index (χ0v) is 22.4. The lowest BCUT2D eigenvalue weighted by atomic mass is 10.0. The summed E-state index contributed by atoms with van der Waals surface area (Å²) in [7, 11) is 3.23. The van der Waals surface area contributed by atoms with E-state index in [2.05, 4.69) is 16.4 Å². The number of nitrogens with zero attached hydrogens (tertiary/aromatic N) is 2. The standard InChI is InChI=1S/C30H23N3O3S2/c1-35-23-7-5-6-22(16-23)32-29(25(17-31)30-33-26-8-3-4-9-28(26)38-30)37-18-27(34)21-11-10-20-15-24(36-2)13-12-19(20)14-21/h3-16,32H,18H2,1-2H3. The number of thioether (sulfide) groups is 1. The summed E-state index contributed by atoms with van der Waals surface area (Å²) in [5.41, 5.74) is 2.56. The molecule has 0 atom stereocenters. The Bertz CT molecular complexity index is 1690. The van der Waals surface area contributed by atoms with Crippen LogP contribution in [0.25, 0.3) is 26.6 Å². The Hall–Kier alpha value is -4.32. The summed E-state index contributed by atoms with van der Waals surface area (Å²) in [6.07, 6.45) is 0. The molecule has 0 amide bonds. The minimum Gasteiger partial charge on any atom is -0.497 e. The second-order valence-corrected chi connectivity index (χ2v) is 10.3. The van der Waals surface area contributed by atoms with Crippen LogP contribution in [0.15, 0.2) is 90.0 Å². The number of allylic oxidation sites excluding steroid dienone is 1. The Morgan fingerprint density at radius 1 is 0.947 bits per heavy atom. The van der Waals surface area contributed by atoms with Crippen molar-refractivity contribution in [2.75, 3.05) is 25.3 Å². The molecule has 6 nitrogen and oxygen atoms in total. The molecule has 5 aromatic rings. The van der Waals surface area contributed by atoms with Gasteiger partial charge in [0.25, 0.3) is 0 Å². The van der Waals surface area contributed by atoms with Crippen molar-refractivity contribution < 1.29 is 14.3 Å². The van der Waals surface area contributed by atoms with E-state index in [1.807, 2.05) is 84.9 Å². The van der Waals surface area contributed by atoms with E-state index in [0.717, 1.165) is 32.4 Å². The van der Waals surface area contributed by atoms with Gasteiger partial charge in [0.15, 0.2) is 5.78 Å². The van der Waals surface area contributed by atoms with Crippen LogP contribution in [0.3, 0.4) is 0 Å². The molecule has 0 aliphatic rings. The third kappa shape index (κ3) is 5.49. The van der Waals surface area contributed by atoms with Crippen LogP contribution in [-0.4, -0.2) is 30.7 Å². The Morgan fingerprint density at radius 3 is 2.50 bits per heavy atom. The first-order valence-electron chi connectivity index (χ1n) is 11.7. The number of hydrogen-bond donors (Lipinski definition) is 1. The number of anilines is 1. The normalized spacial score (nSPS) is 11.6. The predicted molar refractivity (Wildman–Crippen MR) is 156 cm³/mol. The Kier molecular flexibility index (Phi) is 7.59. The third-order valence-electron chi connectivity index (χ3n) is 5.89. The molecule has 0 spiro atoms. The molecule has 5 rings (SSSR count). The maximum absolute atomic E-state index is 13.2. The van der Waals surface area contributed by atoms with Crippen LogP contribution in [0, 0.1) is 11.3 Å². The average molecular weight is 538 g/mol. The summed E-state index contributed by atoms with van der Waals surface area (Å²) in [6.45, 7) is 0. The topological polar surface area (TPSA) is 84.2 Å². The zero-order chi connectivity index (χ0) is 26.5. The fourth-order valence-electron chi connectivity index (χ4n) is 3.92. The van der Waals surface area contributed by atoms with E-state index in [9.17, 15) is 10.1 Å². The summed E-state index contributed by atoms with van der Waals surface area (Å²) in [6, 6.07) is 28.9. The van der Waals surface area contributed by atoms with Gasteiger partial charge in [-0.3, -0.25) is 4.79 Å². The van der Waals surface area contributed by atoms with Gasteiger partial charge >= 0.3 is 0 Å². The first-order valence-corrected chi connectivity index (χ1v) is 13.5. The first kappa shape index (κ1) is 25.3. The van der Waals surface area contributed by atoms with E-state index in [4.69, 9.17) is 9.47 Å². The van der Waals surface area contributed by atoms with E-state index in [1.165, 1.54) is 23.1 Å². The van der Waals surface area contributed by atoms with Gasteiger partial charge in [-0.1, -0.05) is 48.2 Å². The number of ketones is 1. The number of Topliss-reactive ketones (excluding diaryl/α,β-unsaturated/α-hetero) is 1. The molecule has 38 heavy (non-hydrogen) atoms. The fourth-order valence-corrected chi connectivity index (χ4v) is 5.87. The van der Waals surface area contributed by atoms with Crippen molar-refractivity contribution >= 4 is 61.1 Å². The van der Waals surface area contributed by atoms with Crippen molar-refractivity contribution in [1.82, 2.24) is 4.98 Å². The number of carbonyl (C=O) groups excluding carboxylic acids is 1. The highest BCUT2D eigenvalue weighted by Gasteiger charge is 2.18. The molecule has 0 aliphatic carbocycles. The lowest BCUT2D eigenvalue weighted by Crippen LogP contribution is -2.07. The lowest BCUT2D eigenvalue weighted by Gasteiger charge is -2.13. The van der Waals surface area contributed by atoms with Crippen LogP contribution in [0.4, 0.5) is 5.69 Å². The smallest absolute Gasteiger partial charge is 0.173 e. The van der Waals surface area contributed by atoms with E-state index in [-0.39, 0.29) is 11.5 Å². The summed E-state index contributed by atoms with van der Waals surface area (Å²) in [4.78, 5) is 17.9. The van der Waals surface area contributed by atoms with Crippen molar-refractivity contribution in [3.8, 4) is 17.6 Å². The van der Waals surface area contributed by atoms with Crippen molar-refractivity contribution in [3.05, 3.63) is 101 Å². The second-order valence-electron chi connectivity index (χ2n) is 8.30. The summed E-state index contributed by atoms with van der Waals surface area (Å²) in [5, 5.41) is 16.6. The summed E-state index contributed by atoms with van der Waals surface area (Å²) in [5.74, 6) is 1.55. The Morgan fingerprint density at radius 2 is 1.71 bits per heavy atom. The molecule has 0 bridgehead atoms. The quantitative estimate of drug-likeness (QED) is 0.155. The highest BCUT2D eigenvalue weighted by molar-refractivity contribution is 8.04. The lowest BCUT2D eigenvalue weighted by molar-refractivity contribution is 0.102. The summed E-state index contributed by atoms with van der Waals surface area (Å²) >= 11 is 2.73. The minimum atomic E-state index is -0.0424. The molecule has 188 valence electrons. The number of nitriles is 1. The van der Waals surface area contributed by atoms with Crippen molar-refractivity contribution in [2.24, 2.45) is 0 Å². The predicted octanol–water partition coefficient (Wildman–Crippen LogP) is 7.39. The number of carbonyl (C=O) groups is 1. The van der Waals surface area contributed by atoms with Gasteiger partial charge < -0.3 is 14.8 Å². The van der Waals surface area contributed by atoms with Gasteiger partial charge in [-0.05, 0) is 53.2 Å². The van der Waals surface area contributed by atoms with Crippen LogP contribution in [-0.2, 0) is 0 Å². The molecule has 0 radical (unpaired) electrons. The van der Waals surface area contributed by atoms with E-state index < -0.39 is 0 Å².